The van der Waals surface area contributed by atoms with Gasteiger partial charge < -0.3 is 10.2 Å². The summed E-state index contributed by atoms with van der Waals surface area (Å²) in [7, 11) is 0. The Morgan fingerprint density at radius 1 is 1.42 bits per heavy atom. The predicted molar refractivity (Wildman–Crippen MR) is 91.8 cm³/mol. The van der Waals surface area contributed by atoms with Crippen LogP contribution in [0.4, 0.5) is 5.69 Å². The average Bonchev–Trinajstić information content (AvgIpc) is 3.22. The first-order chi connectivity index (χ1) is 11.5. The minimum absolute atomic E-state index is 0.00949. The summed E-state index contributed by atoms with van der Waals surface area (Å²) in [6.45, 7) is 3.07. The number of hydrogen-bond donors (Lipinski definition) is 1. The highest BCUT2D eigenvalue weighted by Gasteiger charge is 2.32. The Balaban J connectivity index is 1.65. The van der Waals surface area contributed by atoms with Crippen molar-refractivity contribution in [3.05, 3.63) is 47.2 Å². The number of carbonyl (C=O) groups is 2. The Morgan fingerprint density at radius 2 is 2.25 bits per heavy atom. The SMILES string of the molecule is Cc1ccc(NC(=O)C(=O)N2CCCC2Cn2cccn2)cc1Cl. The average molecular weight is 347 g/mol. The van der Waals surface area contributed by atoms with Gasteiger partial charge in [-0.25, -0.2) is 0 Å². The van der Waals surface area contributed by atoms with E-state index in [4.69, 9.17) is 11.6 Å². The highest BCUT2D eigenvalue weighted by atomic mass is 35.5. The fourth-order valence-corrected chi connectivity index (χ4v) is 3.08. The summed E-state index contributed by atoms with van der Waals surface area (Å²) in [5.41, 5.74) is 1.44. The molecule has 1 saturated heterocycles. The number of aromatic nitrogens is 2. The number of nitrogens with zero attached hydrogens (tertiary/aromatic N) is 3. The molecule has 2 amide bonds. The second kappa shape index (κ2) is 7.05. The minimum Gasteiger partial charge on any atom is -0.330 e. The second-order valence-corrected chi connectivity index (χ2v) is 6.35. The summed E-state index contributed by atoms with van der Waals surface area (Å²) >= 11 is 6.05. The third-order valence-electron chi connectivity index (χ3n) is 4.22. The van der Waals surface area contributed by atoms with Crippen LogP contribution in [-0.2, 0) is 16.1 Å². The van der Waals surface area contributed by atoms with Gasteiger partial charge in [-0.2, -0.15) is 5.10 Å². The minimum atomic E-state index is -0.637. The molecule has 7 heteroatoms. The Bertz CT molecular complexity index is 745. The van der Waals surface area contributed by atoms with Crippen molar-refractivity contribution in [2.75, 3.05) is 11.9 Å². The number of rotatable bonds is 3. The van der Waals surface area contributed by atoms with Crippen molar-refractivity contribution in [1.82, 2.24) is 14.7 Å². The fourth-order valence-electron chi connectivity index (χ4n) is 2.90. The maximum absolute atomic E-state index is 12.5. The predicted octanol–water partition coefficient (Wildman–Crippen LogP) is 2.47. The van der Waals surface area contributed by atoms with Crippen molar-refractivity contribution >= 4 is 29.1 Å². The van der Waals surface area contributed by atoms with E-state index in [1.807, 2.05) is 19.2 Å². The lowest BCUT2D eigenvalue weighted by Gasteiger charge is -2.24. The molecule has 24 heavy (non-hydrogen) atoms. The van der Waals surface area contributed by atoms with Crippen molar-refractivity contribution in [2.24, 2.45) is 0 Å². The molecule has 1 aliphatic heterocycles. The normalized spacial score (nSPS) is 17.1. The molecule has 6 nitrogen and oxygen atoms in total. The number of likely N-dealkylation sites (tertiary alicyclic amines) is 1. The highest BCUT2D eigenvalue weighted by Crippen LogP contribution is 2.22. The monoisotopic (exact) mass is 346 g/mol. The topological polar surface area (TPSA) is 67.2 Å². The molecule has 1 aliphatic rings. The van der Waals surface area contributed by atoms with E-state index >= 15 is 0 Å². The van der Waals surface area contributed by atoms with E-state index in [0.29, 0.717) is 23.8 Å². The number of nitrogens with one attached hydrogen (secondary N) is 1. The molecule has 0 bridgehead atoms. The van der Waals surface area contributed by atoms with E-state index in [1.54, 1.807) is 34.0 Å². The number of hydrogen-bond acceptors (Lipinski definition) is 3. The number of carbonyl (C=O) groups excluding carboxylic acids is 2. The molecule has 3 rings (SSSR count). The zero-order valence-electron chi connectivity index (χ0n) is 13.4. The molecule has 1 unspecified atom stereocenters. The van der Waals surface area contributed by atoms with Crippen LogP contribution in [0.15, 0.2) is 36.7 Å². The van der Waals surface area contributed by atoms with E-state index in [1.165, 1.54) is 0 Å². The van der Waals surface area contributed by atoms with Gasteiger partial charge in [-0.05, 0) is 43.5 Å². The van der Waals surface area contributed by atoms with Gasteiger partial charge in [0.1, 0.15) is 0 Å². The van der Waals surface area contributed by atoms with Gasteiger partial charge >= 0.3 is 11.8 Å². The largest absolute Gasteiger partial charge is 0.330 e. The summed E-state index contributed by atoms with van der Waals surface area (Å²) in [4.78, 5) is 26.4. The van der Waals surface area contributed by atoms with Crippen LogP contribution in [0.25, 0.3) is 0 Å². The zero-order valence-corrected chi connectivity index (χ0v) is 14.2. The van der Waals surface area contributed by atoms with Gasteiger partial charge in [0, 0.05) is 29.6 Å². The van der Waals surface area contributed by atoms with E-state index in [2.05, 4.69) is 10.4 Å². The van der Waals surface area contributed by atoms with Crippen LogP contribution >= 0.6 is 11.6 Å². The summed E-state index contributed by atoms with van der Waals surface area (Å²) in [5, 5.41) is 7.35. The van der Waals surface area contributed by atoms with Crippen molar-refractivity contribution in [2.45, 2.75) is 32.4 Å². The molecule has 2 heterocycles. The molecule has 0 saturated carbocycles. The van der Waals surface area contributed by atoms with Crippen molar-refractivity contribution in [3.63, 3.8) is 0 Å². The van der Waals surface area contributed by atoms with Gasteiger partial charge in [0.25, 0.3) is 0 Å². The fraction of sp³-hybridized carbons (Fsp3) is 0.353. The molecule has 1 N–H and O–H groups in total. The molecule has 2 aromatic rings. The van der Waals surface area contributed by atoms with Crippen LogP contribution in [0.3, 0.4) is 0 Å². The summed E-state index contributed by atoms with van der Waals surface area (Å²) in [6.07, 6.45) is 5.32. The van der Waals surface area contributed by atoms with Gasteiger partial charge in [0.05, 0.1) is 12.6 Å². The molecule has 1 fully saturated rings. The highest BCUT2D eigenvalue weighted by molar-refractivity contribution is 6.40. The first kappa shape index (κ1) is 16.5. The van der Waals surface area contributed by atoms with Gasteiger partial charge in [-0.3, -0.25) is 14.3 Å². The van der Waals surface area contributed by atoms with Crippen molar-refractivity contribution in [1.29, 1.82) is 0 Å². The van der Waals surface area contributed by atoms with Crippen LogP contribution in [0, 0.1) is 6.92 Å². The molecule has 1 atom stereocenters. The first-order valence-corrected chi connectivity index (χ1v) is 8.28. The molecule has 0 spiro atoms. The lowest BCUT2D eigenvalue weighted by atomic mass is 10.2. The van der Waals surface area contributed by atoms with Gasteiger partial charge in [0.15, 0.2) is 0 Å². The zero-order chi connectivity index (χ0) is 17.1. The third kappa shape index (κ3) is 3.59. The second-order valence-electron chi connectivity index (χ2n) is 5.94. The van der Waals surface area contributed by atoms with Crippen LogP contribution in [0.1, 0.15) is 18.4 Å². The smallest absolute Gasteiger partial charge is 0.313 e. The Kier molecular flexibility index (Phi) is 4.85. The number of anilines is 1. The third-order valence-corrected chi connectivity index (χ3v) is 4.63. The maximum atomic E-state index is 12.5. The Morgan fingerprint density at radius 3 is 2.96 bits per heavy atom. The number of benzene rings is 1. The molecule has 0 aliphatic carbocycles. The van der Waals surface area contributed by atoms with E-state index in [9.17, 15) is 9.59 Å². The van der Waals surface area contributed by atoms with Crippen LogP contribution in [-0.4, -0.2) is 39.1 Å². The van der Waals surface area contributed by atoms with Crippen molar-refractivity contribution in [3.8, 4) is 0 Å². The summed E-state index contributed by atoms with van der Waals surface area (Å²) in [5.74, 6) is -1.15. The van der Waals surface area contributed by atoms with Crippen LogP contribution < -0.4 is 5.32 Å². The van der Waals surface area contributed by atoms with Crippen LogP contribution in [0.2, 0.25) is 5.02 Å². The molecule has 126 valence electrons. The first-order valence-electron chi connectivity index (χ1n) is 7.90. The number of halogens is 1. The molecular weight excluding hydrogens is 328 g/mol. The Hall–Kier alpha value is -2.34. The van der Waals surface area contributed by atoms with Gasteiger partial charge in [-0.1, -0.05) is 17.7 Å². The summed E-state index contributed by atoms with van der Waals surface area (Å²) < 4.78 is 1.79. The van der Waals surface area contributed by atoms with Crippen LogP contribution in [0.5, 0.6) is 0 Å². The molecule has 0 radical (unpaired) electrons. The Labute approximate surface area is 145 Å². The van der Waals surface area contributed by atoms with E-state index < -0.39 is 11.8 Å². The van der Waals surface area contributed by atoms with Gasteiger partial charge in [-0.15, -0.1) is 0 Å². The van der Waals surface area contributed by atoms with Crippen molar-refractivity contribution < 1.29 is 9.59 Å². The molecule has 1 aromatic heterocycles. The standard InChI is InChI=1S/C17H19ClN4O2/c1-12-5-6-13(10-15(12)18)20-16(23)17(24)22-9-2-4-14(22)11-21-8-3-7-19-21/h3,5-8,10,14H,2,4,9,11H2,1H3,(H,20,23). The van der Waals surface area contributed by atoms with Gasteiger partial charge in [0.2, 0.25) is 0 Å². The summed E-state index contributed by atoms with van der Waals surface area (Å²) in [6, 6.07) is 7.02. The number of amides is 2. The molecular formula is C17H19ClN4O2. The lowest BCUT2D eigenvalue weighted by molar-refractivity contribution is -0.143. The quantitative estimate of drug-likeness (QED) is 0.868. The van der Waals surface area contributed by atoms with E-state index in [0.717, 1.165) is 18.4 Å². The van der Waals surface area contributed by atoms with E-state index in [-0.39, 0.29) is 6.04 Å². The number of aryl methyl sites for hydroxylation is 1. The maximum Gasteiger partial charge on any atom is 0.313 e. The lowest BCUT2D eigenvalue weighted by Crippen LogP contribution is -2.44. The molecule has 1 aromatic carbocycles.